The zero-order chi connectivity index (χ0) is 18.2. The maximum Gasteiger partial charge on any atom is 0.274 e. The van der Waals surface area contributed by atoms with Crippen molar-refractivity contribution < 1.29 is 14.0 Å². The number of carbonyl (C=O) groups excluding carboxylic acids is 2. The molecule has 0 aliphatic heterocycles. The van der Waals surface area contributed by atoms with Gasteiger partial charge in [-0.15, -0.1) is 0 Å². The molecule has 0 unspecified atom stereocenters. The van der Waals surface area contributed by atoms with E-state index < -0.39 is 5.91 Å². The van der Waals surface area contributed by atoms with Crippen molar-refractivity contribution in [2.45, 2.75) is 6.42 Å². The van der Waals surface area contributed by atoms with Crippen LogP contribution in [0.15, 0.2) is 42.5 Å². The van der Waals surface area contributed by atoms with E-state index in [0.29, 0.717) is 12.2 Å². The molecule has 2 aromatic rings. The van der Waals surface area contributed by atoms with E-state index in [2.05, 4.69) is 15.6 Å². The Morgan fingerprint density at radius 2 is 1.68 bits per heavy atom. The lowest BCUT2D eigenvalue weighted by atomic mass is 10.2. The molecule has 0 aliphatic rings. The summed E-state index contributed by atoms with van der Waals surface area (Å²) < 4.78 is 12.9. The third-order valence-corrected chi connectivity index (χ3v) is 3.38. The summed E-state index contributed by atoms with van der Waals surface area (Å²) in [4.78, 5) is 30.4. The minimum absolute atomic E-state index is 0.116. The fraction of sp³-hybridized carbons (Fsp3) is 0.278. The van der Waals surface area contributed by atoms with Gasteiger partial charge in [-0.25, -0.2) is 9.37 Å². The molecular formula is C18H21FN4O2. The molecule has 0 saturated heterocycles. The van der Waals surface area contributed by atoms with E-state index in [4.69, 9.17) is 0 Å². The summed E-state index contributed by atoms with van der Waals surface area (Å²) >= 11 is 0. The van der Waals surface area contributed by atoms with E-state index in [0.717, 1.165) is 13.0 Å². The fourth-order valence-corrected chi connectivity index (χ4v) is 2.10. The van der Waals surface area contributed by atoms with Crippen LogP contribution in [0, 0.1) is 5.82 Å². The Kier molecular flexibility index (Phi) is 6.59. The lowest BCUT2D eigenvalue weighted by molar-refractivity contribution is 0.0947. The van der Waals surface area contributed by atoms with E-state index in [-0.39, 0.29) is 23.1 Å². The summed E-state index contributed by atoms with van der Waals surface area (Å²) in [7, 11) is 3.93. The van der Waals surface area contributed by atoms with E-state index in [1.165, 1.54) is 30.3 Å². The lowest BCUT2D eigenvalue weighted by Crippen LogP contribution is -2.28. The van der Waals surface area contributed by atoms with Gasteiger partial charge in [0.25, 0.3) is 11.8 Å². The molecule has 1 heterocycles. The number of anilines is 1. The van der Waals surface area contributed by atoms with Gasteiger partial charge in [-0.3, -0.25) is 9.59 Å². The molecule has 0 spiro atoms. The molecule has 0 saturated carbocycles. The van der Waals surface area contributed by atoms with Crippen molar-refractivity contribution in [2.75, 3.05) is 32.5 Å². The Morgan fingerprint density at radius 1 is 1.04 bits per heavy atom. The molecule has 132 valence electrons. The van der Waals surface area contributed by atoms with Crippen molar-refractivity contribution >= 4 is 17.5 Å². The highest BCUT2D eigenvalue weighted by molar-refractivity contribution is 6.03. The number of nitrogens with one attached hydrogen (secondary N) is 2. The zero-order valence-electron chi connectivity index (χ0n) is 14.3. The number of nitrogens with zero attached hydrogens (tertiary/aromatic N) is 2. The van der Waals surface area contributed by atoms with Crippen molar-refractivity contribution in [2.24, 2.45) is 0 Å². The van der Waals surface area contributed by atoms with Crippen LogP contribution in [0.25, 0.3) is 0 Å². The van der Waals surface area contributed by atoms with Gasteiger partial charge >= 0.3 is 0 Å². The Hall–Kier alpha value is -2.80. The molecular weight excluding hydrogens is 323 g/mol. The highest BCUT2D eigenvalue weighted by atomic mass is 19.1. The third kappa shape index (κ3) is 5.96. The second-order valence-electron chi connectivity index (χ2n) is 5.78. The molecule has 0 radical (unpaired) electrons. The number of carbonyl (C=O) groups is 2. The van der Waals surface area contributed by atoms with Crippen molar-refractivity contribution in [3.63, 3.8) is 0 Å². The fourth-order valence-electron chi connectivity index (χ4n) is 2.10. The van der Waals surface area contributed by atoms with Gasteiger partial charge in [0.15, 0.2) is 0 Å². The van der Waals surface area contributed by atoms with Crippen molar-refractivity contribution in [1.29, 1.82) is 0 Å². The SMILES string of the molecule is CN(C)CCCNC(=O)c1cccc(C(=O)Nc2ccc(F)cc2)n1. The van der Waals surface area contributed by atoms with Crippen molar-refractivity contribution in [3.8, 4) is 0 Å². The molecule has 7 heteroatoms. The molecule has 2 amide bonds. The number of hydrogen-bond donors (Lipinski definition) is 2. The number of benzene rings is 1. The first-order valence-electron chi connectivity index (χ1n) is 7.92. The molecule has 6 nitrogen and oxygen atoms in total. The maximum absolute atomic E-state index is 12.9. The maximum atomic E-state index is 12.9. The molecule has 1 aromatic carbocycles. The van der Waals surface area contributed by atoms with Gasteiger partial charge in [0.2, 0.25) is 0 Å². The largest absolute Gasteiger partial charge is 0.351 e. The standard InChI is InChI=1S/C18H21FN4O2/c1-23(2)12-4-11-20-17(24)15-5-3-6-16(22-15)18(25)21-14-9-7-13(19)8-10-14/h3,5-10H,4,11-12H2,1-2H3,(H,20,24)(H,21,25). The number of pyridine rings is 1. The second kappa shape index (κ2) is 8.89. The summed E-state index contributed by atoms with van der Waals surface area (Å²) in [6.07, 6.45) is 0.823. The third-order valence-electron chi connectivity index (χ3n) is 3.38. The van der Waals surface area contributed by atoms with Crippen LogP contribution in [-0.2, 0) is 0 Å². The first-order chi connectivity index (χ1) is 12.0. The Labute approximate surface area is 146 Å². The van der Waals surface area contributed by atoms with Gasteiger partial charge in [0.05, 0.1) is 0 Å². The van der Waals surface area contributed by atoms with Gasteiger partial charge < -0.3 is 15.5 Å². The summed E-state index contributed by atoms with van der Waals surface area (Å²) in [6.45, 7) is 1.40. The van der Waals surface area contributed by atoms with Crippen LogP contribution in [0.4, 0.5) is 10.1 Å². The molecule has 0 fully saturated rings. The highest BCUT2D eigenvalue weighted by Crippen LogP contribution is 2.10. The Balaban J connectivity index is 1.96. The zero-order valence-corrected chi connectivity index (χ0v) is 14.3. The van der Waals surface area contributed by atoms with Gasteiger partial charge in [-0.1, -0.05) is 6.07 Å². The molecule has 0 aliphatic carbocycles. The monoisotopic (exact) mass is 344 g/mol. The summed E-state index contributed by atoms with van der Waals surface area (Å²) in [5.41, 5.74) is 0.744. The van der Waals surface area contributed by atoms with Crippen LogP contribution in [0.3, 0.4) is 0 Å². The molecule has 2 N–H and O–H groups in total. The highest BCUT2D eigenvalue weighted by Gasteiger charge is 2.12. The smallest absolute Gasteiger partial charge is 0.274 e. The Morgan fingerprint density at radius 3 is 2.32 bits per heavy atom. The topological polar surface area (TPSA) is 74.3 Å². The predicted molar refractivity (Wildman–Crippen MR) is 94.1 cm³/mol. The number of amides is 2. The second-order valence-corrected chi connectivity index (χ2v) is 5.78. The molecule has 0 atom stereocenters. The van der Waals surface area contributed by atoms with E-state index in [9.17, 15) is 14.0 Å². The molecule has 2 rings (SSSR count). The average Bonchev–Trinajstić information content (AvgIpc) is 2.60. The van der Waals surface area contributed by atoms with E-state index in [1.807, 2.05) is 19.0 Å². The van der Waals surface area contributed by atoms with Crippen molar-refractivity contribution in [1.82, 2.24) is 15.2 Å². The van der Waals surface area contributed by atoms with E-state index in [1.54, 1.807) is 12.1 Å². The number of aromatic nitrogens is 1. The van der Waals surface area contributed by atoms with E-state index >= 15 is 0 Å². The normalized spacial score (nSPS) is 10.6. The van der Waals surface area contributed by atoms with Crippen LogP contribution < -0.4 is 10.6 Å². The van der Waals surface area contributed by atoms with Crippen LogP contribution in [0.2, 0.25) is 0 Å². The van der Waals surface area contributed by atoms with Crippen molar-refractivity contribution in [3.05, 3.63) is 59.7 Å². The summed E-state index contributed by atoms with van der Waals surface area (Å²) in [5, 5.41) is 5.39. The quantitative estimate of drug-likeness (QED) is 0.755. The predicted octanol–water partition coefficient (Wildman–Crippen LogP) is 2.15. The van der Waals surface area contributed by atoms with Gasteiger partial charge in [0.1, 0.15) is 17.2 Å². The average molecular weight is 344 g/mol. The molecule has 0 bridgehead atoms. The van der Waals surface area contributed by atoms with Gasteiger partial charge in [-0.2, -0.15) is 0 Å². The van der Waals surface area contributed by atoms with Crippen LogP contribution in [0.1, 0.15) is 27.4 Å². The lowest BCUT2D eigenvalue weighted by Gasteiger charge is -2.10. The first-order valence-corrected chi connectivity index (χ1v) is 7.92. The molecule has 1 aromatic heterocycles. The van der Waals surface area contributed by atoms with Crippen LogP contribution in [-0.4, -0.2) is 48.9 Å². The van der Waals surface area contributed by atoms with Gasteiger partial charge in [0, 0.05) is 12.2 Å². The number of hydrogen-bond acceptors (Lipinski definition) is 4. The minimum Gasteiger partial charge on any atom is -0.351 e. The number of halogens is 1. The minimum atomic E-state index is -0.464. The summed E-state index contributed by atoms with van der Waals surface area (Å²) in [6, 6.07) is 10.1. The molecule has 25 heavy (non-hydrogen) atoms. The Bertz CT molecular complexity index is 732. The van der Waals surface area contributed by atoms with Crippen LogP contribution in [0.5, 0.6) is 0 Å². The first kappa shape index (κ1) is 18.5. The number of rotatable bonds is 7. The summed E-state index contributed by atoms with van der Waals surface area (Å²) in [5.74, 6) is -1.17. The van der Waals surface area contributed by atoms with Gasteiger partial charge in [-0.05, 0) is 63.5 Å². The van der Waals surface area contributed by atoms with Crippen LogP contribution >= 0.6 is 0 Å².